The van der Waals surface area contributed by atoms with Gasteiger partial charge in [-0.25, -0.2) is 0 Å². The predicted molar refractivity (Wildman–Crippen MR) is 36.3 cm³/mol. The van der Waals surface area contributed by atoms with Gasteiger partial charge in [-0.05, 0) is 0 Å². The van der Waals surface area contributed by atoms with E-state index >= 15 is 0 Å². The highest BCUT2D eigenvalue weighted by molar-refractivity contribution is 7.85. The lowest BCUT2D eigenvalue weighted by atomic mass is 10.6. The van der Waals surface area contributed by atoms with Gasteiger partial charge in [-0.3, -0.25) is 4.55 Å². The van der Waals surface area contributed by atoms with E-state index < -0.39 is 10.1 Å². The van der Waals surface area contributed by atoms with E-state index in [0.717, 1.165) is 0 Å². The Morgan fingerprint density at radius 1 is 1.44 bits per heavy atom. The molecule has 0 bridgehead atoms. The average Bonchev–Trinajstić information content (AvgIpc) is 1.63. The van der Waals surface area contributed by atoms with Gasteiger partial charge < -0.3 is 0 Å². The Kier molecular flexibility index (Phi) is 3.84. The summed E-state index contributed by atoms with van der Waals surface area (Å²) in [7, 11) is -3.84. The molecule has 0 unspecified atom stereocenters. The van der Waals surface area contributed by atoms with Crippen molar-refractivity contribution in [3.63, 3.8) is 0 Å². The quantitative estimate of drug-likeness (QED) is 0.385. The second-order valence-corrected chi connectivity index (χ2v) is 3.18. The molecule has 0 aromatic heterocycles. The first kappa shape index (κ1) is 8.94. The first-order valence-corrected chi connectivity index (χ1v) is 4.37. The van der Waals surface area contributed by atoms with Crippen LogP contribution in [0.25, 0.3) is 0 Å². The molecule has 3 nitrogen and oxygen atoms in total. The molecule has 0 amide bonds. The Balaban J connectivity index is 3.65. The topological polar surface area (TPSA) is 54.4 Å². The summed E-state index contributed by atoms with van der Waals surface area (Å²) >= 11 is 5.17. The monoisotopic (exact) mass is 170 g/mol. The lowest BCUT2D eigenvalue weighted by Crippen LogP contribution is -2.00. The van der Waals surface area contributed by atoms with E-state index in [9.17, 15) is 8.42 Å². The molecule has 0 saturated carbocycles. The molecule has 0 heterocycles. The second kappa shape index (κ2) is 3.87. The van der Waals surface area contributed by atoms with Crippen molar-refractivity contribution in [3.05, 3.63) is 12.2 Å². The third-order valence-corrected chi connectivity index (χ3v) is 1.35. The fraction of sp³-hybridized carbons (Fsp3) is 0.500. The van der Waals surface area contributed by atoms with Crippen molar-refractivity contribution >= 4 is 21.7 Å². The Bertz CT molecular complexity index is 182. The molecule has 0 aromatic carbocycles. The van der Waals surface area contributed by atoms with Gasteiger partial charge in [0, 0.05) is 5.88 Å². The minimum Gasteiger partial charge on any atom is -0.285 e. The highest BCUT2D eigenvalue weighted by Crippen LogP contribution is 1.84. The van der Waals surface area contributed by atoms with Crippen LogP contribution in [0.4, 0.5) is 0 Å². The molecule has 0 atom stereocenters. The van der Waals surface area contributed by atoms with Gasteiger partial charge in [0.05, 0.1) is 5.75 Å². The van der Waals surface area contributed by atoms with Crippen LogP contribution in [0.5, 0.6) is 0 Å². The third-order valence-electron chi connectivity index (χ3n) is 0.563. The van der Waals surface area contributed by atoms with Crippen LogP contribution in [0.3, 0.4) is 0 Å². The zero-order valence-electron chi connectivity index (χ0n) is 4.62. The van der Waals surface area contributed by atoms with E-state index in [1.54, 1.807) is 0 Å². The van der Waals surface area contributed by atoms with Crippen LogP contribution in [-0.2, 0) is 10.1 Å². The van der Waals surface area contributed by atoms with Gasteiger partial charge >= 0.3 is 0 Å². The van der Waals surface area contributed by atoms with Crippen LogP contribution in [0.15, 0.2) is 12.2 Å². The molecule has 0 fully saturated rings. The van der Waals surface area contributed by atoms with Crippen molar-refractivity contribution in [1.82, 2.24) is 0 Å². The maximum Gasteiger partial charge on any atom is 0.268 e. The molecule has 5 heteroatoms. The Labute approximate surface area is 59.1 Å². The number of alkyl halides is 1. The van der Waals surface area contributed by atoms with Crippen LogP contribution in [0.2, 0.25) is 0 Å². The molecule has 0 aliphatic carbocycles. The minimum atomic E-state index is -3.84. The summed E-state index contributed by atoms with van der Waals surface area (Å²) < 4.78 is 28.1. The number of hydrogen-bond acceptors (Lipinski definition) is 2. The summed E-state index contributed by atoms with van der Waals surface area (Å²) in [6, 6.07) is 0. The fourth-order valence-corrected chi connectivity index (χ4v) is 0.758. The van der Waals surface area contributed by atoms with Crippen molar-refractivity contribution < 1.29 is 13.0 Å². The first-order chi connectivity index (χ1) is 4.06. The second-order valence-electron chi connectivity index (χ2n) is 1.37. The zero-order chi connectivity index (χ0) is 7.33. The zero-order valence-corrected chi connectivity index (χ0v) is 6.19. The predicted octanol–water partition coefficient (Wildman–Crippen LogP) is 0.669. The molecule has 0 aliphatic rings. The summed E-state index contributed by atoms with van der Waals surface area (Å²) in [6.45, 7) is 0. The van der Waals surface area contributed by atoms with Gasteiger partial charge in [0.1, 0.15) is 0 Å². The van der Waals surface area contributed by atoms with Crippen molar-refractivity contribution in [2.24, 2.45) is 0 Å². The maximum atomic E-state index is 9.97. The van der Waals surface area contributed by atoms with E-state index in [-0.39, 0.29) is 11.6 Å². The first-order valence-electron chi connectivity index (χ1n) is 2.22. The maximum absolute atomic E-state index is 9.97. The van der Waals surface area contributed by atoms with Crippen molar-refractivity contribution in [1.29, 1.82) is 0 Å². The molecule has 1 N–H and O–H groups in total. The molecule has 0 radical (unpaired) electrons. The number of rotatable bonds is 3. The molecule has 0 spiro atoms. The molecule has 54 valence electrons. The van der Waals surface area contributed by atoms with Crippen LogP contribution >= 0.6 is 11.6 Å². The molecule has 0 aliphatic heterocycles. The summed E-state index contributed by atoms with van der Waals surface area (Å²) in [5.41, 5.74) is 0. The Morgan fingerprint density at radius 3 is 2.33 bits per heavy atom. The number of hydrogen-bond donors (Lipinski definition) is 1. The van der Waals surface area contributed by atoms with E-state index in [2.05, 4.69) is 0 Å². The average molecular weight is 171 g/mol. The number of halogens is 1. The van der Waals surface area contributed by atoms with E-state index in [4.69, 9.17) is 16.2 Å². The molecule has 9 heavy (non-hydrogen) atoms. The van der Waals surface area contributed by atoms with Gasteiger partial charge in [0.25, 0.3) is 10.1 Å². The normalized spacial score (nSPS) is 12.7. The van der Waals surface area contributed by atoms with E-state index in [0.29, 0.717) is 0 Å². The van der Waals surface area contributed by atoms with Crippen LogP contribution in [0.1, 0.15) is 0 Å². The molecule has 0 saturated heterocycles. The summed E-state index contributed by atoms with van der Waals surface area (Å²) in [5.74, 6) is -0.102. The van der Waals surface area contributed by atoms with Crippen molar-refractivity contribution in [3.8, 4) is 0 Å². The van der Waals surface area contributed by atoms with E-state index in [1.807, 2.05) is 0 Å². The molecular weight excluding hydrogens is 164 g/mol. The standard InChI is InChI=1S/C4H7ClO3S/c5-3-1-2-4-9(6,7)8/h1-2H,3-4H2,(H,6,7,8). The summed E-state index contributed by atoms with van der Waals surface area (Å²) in [4.78, 5) is 0. The van der Waals surface area contributed by atoms with Crippen LogP contribution in [0, 0.1) is 0 Å². The minimum absolute atomic E-state index is 0.259. The fourth-order valence-electron chi connectivity index (χ4n) is 0.253. The van der Waals surface area contributed by atoms with Crippen LogP contribution in [-0.4, -0.2) is 24.6 Å². The molecular formula is C4H7ClO3S. The highest BCUT2D eigenvalue weighted by atomic mass is 35.5. The van der Waals surface area contributed by atoms with Crippen molar-refractivity contribution in [2.45, 2.75) is 0 Å². The molecule has 0 aromatic rings. The van der Waals surface area contributed by atoms with Gasteiger partial charge in [-0.1, -0.05) is 12.2 Å². The number of allylic oxidation sites excluding steroid dienone is 1. The lowest BCUT2D eigenvalue weighted by molar-refractivity contribution is 0.486. The van der Waals surface area contributed by atoms with Gasteiger partial charge in [-0.2, -0.15) is 8.42 Å². The molecule has 0 rings (SSSR count). The van der Waals surface area contributed by atoms with E-state index in [1.165, 1.54) is 12.2 Å². The van der Waals surface area contributed by atoms with Crippen LogP contribution < -0.4 is 0 Å². The smallest absolute Gasteiger partial charge is 0.268 e. The van der Waals surface area contributed by atoms with Gasteiger partial charge in [0.2, 0.25) is 0 Å². The SMILES string of the molecule is O=S(=O)(O)CC=CCCl. The Morgan fingerprint density at radius 2 is 2.00 bits per heavy atom. The van der Waals surface area contributed by atoms with Gasteiger partial charge in [0.15, 0.2) is 0 Å². The third kappa shape index (κ3) is 7.94. The van der Waals surface area contributed by atoms with Crippen molar-refractivity contribution in [2.75, 3.05) is 11.6 Å². The lowest BCUT2D eigenvalue weighted by Gasteiger charge is -1.84. The summed E-state index contributed by atoms with van der Waals surface area (Å²) in [5, 5.41) is 0. The highest BCUT2D eigenvalue weighted by Gasteiger charge is 1.97. The van der Waals surface area contributed by atoms with Gasteiger partial charge in [-0.15, -0.1) is 11.6 Å². The Hall–Kier alpha value is -0.0600. The summed E-state index contributed by atoms with van der Waals surface area (Å²) in [6.07, 6.45) is 2.75. The largest absolute Gasteiger partial charge is 0.285 e.